The van der Waals surface area contributed by atoms with E-state index in [-0.39, 0.29) is 25.0 Å². The summed E-state index contributed by atoms with van der Waals surface area (Å²) in [5.74, 6) is 2.40. The van der Waals surface area contributed by atoms with Gasteiger partial charge in [-0.25, -0.2) is 14.8 Å². The monoisotopic (exact) mass is 548 g/mol. The number of hydrogen-bond acceptors (Lipinski definition) is 9. The van der Waals surface area contributed by atoms with Crippen LogP contribution in [0.1, 0.15) is 62.1 Å². The van der Waals surface area contributed by atoms with Crippen molar-refractivity contribution >= 4 is 23.6 Å². The van der Waals surface area contributed by atoms with Gasteiger partial charge >= 0.3 is 6.09 Å². The van der Waals surface area contributed by atoms with Crippen molar-refractivity contribution in [3.8, 4) is 11.5 Å². The molecule has 3 aromatic rings. The van der Waals surface area contributed by atoms with Crippen LogP contribution < -0.4 is 9.80 Å². The molecule has 0 spiro atoms. The number of anilines is 2. The fourth-order valence-electron chi connectivity index (χ4n) is 4.63. The van der Waals surface area contributed by atoms with E-state index in [1.54, 1.807) is 11.9 Å². The minimum absolute atomic E-state index is 0.160. The Bertz CT molecular complexity index is 1440. The standard InChI is InChI=1S/C28H36N8O4/c1-17(2)34(7)23-13-18-19(21(30-23)15-33(6)27(38)40-28(3,4)5)14-36(26(18)37)22-10-8-9-20(29-22)25-32-31-24-16-39-12-11-35(24)25/h8-10,13,17H,11-12,14-16H2,1-7H3. The third kappa shape index (κ3) is 5.35. The van der Waals surface area contributed by atoms with Gasteiger partial charge in [0.05, 0.1) is 31.0 Å². The minimum atomic E-state index is -0.624. The molecule has 0 N–H and O–H groups in total. The van der Waals surface area contributed by atoms with Crippen LogP contribution >= 0.6 is 0 Å². The van der Waals surface area contributed by atoms with Crippen molar-refractivity contribution in [2.45, 2.75) is 72.5 Å². The summed E-state index contributed by atoms with van der Waals surface area (Å²) in [5.41, 5.74) is 1.97. The average molecular weight is 549 g/mol. The molecule has 0 saturated heterocycles. The molecule has 2 aliphatic rings. The van der Waals surface area contributed by atoms with Crippen LogP contribution in [0.2, 0.25) is 0 Å². The summed E-state index contributed by atoms with van der Waals surface area (Å²) in [6, 6.07) is 7.52. The van der Waals surface area contributed by atoms with Gasteiger partial charge in [0.15, 0.2) is 11.6 Å². The Morgan fingerprint density at radius 1 is 1.18 bits per heavy atom. The second kappa shape index (κ2) is 10.5. The van der Waals surface area contributed by atoms with Crippen molar-refractivity contribution in [3.63, 3.8) is 0 Å². The zero-order valence-electron chi connectivity index (χ0n) is 24.1. The first-order valence-electron chi connectivity index (χ1n) is 13.4. The van der Waals surface area contributed by atoms with E-state index >= 15 is 0 Å². The molecule has 0 bridgehead atoms. The first kappa shape index (κ1) is 27.5. The number of ether oxygens (including phenoxy) is 2. The SMILES string of the molecule is CC(C)N(C)c1cc2c(c(CN(C)C(=O)OC(C)(C)C)n1)CN(c1cccc(-c3nnc4n3CCOC4)n1)C2=O. The highest BCUT2D eigenvalue weighted by Gasteiger charge is 2.34. The highest BCUT2D eigenvalue weighted by Crippen LogP contribution is 2.33. The van der Waals surface area contributed by atoms with E-state index in [4.69, 9.17) is 19.4 Å². The molecule has 0 saturated carbocycles. The minimum Gasteiger partial charge on any atom is -0.444 e. The molecule has 0 fully saturated rings. The van der Waals surface area contributed by atoms with E-state index in [9.17, 15) is 9.59 Å². The number of rotatable bonds is 6. The summed E-state index contributed by atoms with van der Waals surface area (Å²) in [5, 5.41) is 8.57. The third-order valence-corrected chi connectivity index (χ3v) is 6.97. The van der Waals surface area contributed by atoms with Crippen LogP contribution in [-0.2, 0) is 35.7 Å². The number of pyridine rings is 2. The van der Waals surface area contributed by atoms with Gasteiger partial charge in [0.2, 0.25) is 0 Å². The lowest BCUT2D eigenvalue weighted by atomic mass is 10.1. The van der Waals surface area contributed by atoms with Crippen molar-refractivity contribution in [3.05, 3.63) is 46.9 Å². The molecule has 2 amide bonds. The Morgan fingerprint density at radius 3 is 2.67 bits per heavy atom. The Labute approximate surface area is 233 Å². The molecule has 5 rings (SSSR count). The van der Waals surface area contributed by atoms with Crippen LogP contribution in [-0.4, -0.2) is 74.0 Å². The van der Waals surface area contributed by atoms with E-state index < -0.39 is 11.7 Å². The summed E-state index contributed by atoms with van der Waals surface area (Å²) in [6.07, 6.45) is -0.455. The number of hydrogen-bond donors (Lipinski definition) is 0. The predicted octanol–water partition coefficient (Wildman–Crippen LogP) is 3.64. The van der Waals surface area contributed by atoms with Crippen molar-refractivity contribution in [2.24, 2.45) is 0 Å². The van der Waals surface area contributed by atoms with E-state index in [0.29, 0.717) is 54.2 Å². The van der Waals surface area contributed by atoms with Crippen molar-refractivity contribution < 1.29 is 19.1 Å². The average Bonchev–Trinajstić information content (AvgIpc) is 3.49. The van der Waals surface area contributed by atoms with Crippen molar-refractivity contribution in [1.29, 1.82) is 0 Å². The normalized spacial score (nSPS) is 14.8. The summed E-state index contributed by atoms with van der Waals surface area (Å²) < 4.78 is 13.0. The van der Waals surface area contributed by atoms with Gasteiger partial charge in [-0.05, 0) is 52.8 Å². The van der Waals surface area contributed by atoms with E-state index in [2.05, 4.69) is 24.0 Å². The molecule has 40 heavy (non-hydrogen) atoms. The van der Waals surface area contributed by atoms with E-state index in [0.717, 1.165) is 11.4 Å². The quantitative estimate of drug-likeness (QED) is 0.455. The maximum atomic E-state index is 13.8. The molecule has 212 valence electrons. The number of aromatic nitrogens is 5. The molecule has 12 heteroatoms. The molecule has 0 radical (unpaired) electrons. The van der Waals surface area contributed by atoms with Gasteiger partial charge in [0.1, 0.15) is 29.5 Å². The predicted molar refractivity (Wildman–Crippen MR) is 149 cm³/mol. The fraction of sp³-hybridized carbons (Fsp3) is 0.500. The van der Waals surface area contributed by atoms with Crippen LogP contribution in [0.4, 0.5) is 16.4 Å². The molecule has 0 unspecified atom stereocenters. The van der Waals surface area contributed by atoms with Gasteiger partial charge in [0.25, 0.3) is 5.91 Å². The second-order valence-corrected chi connectivity index (χ2v) is 11.4. The van der Waals surface area contributed by atoms with Crippen molar-refractivity contribution in [1.82, 2.24) is 29.6 Å². The lowest BCUT2D eigenvalue weighted by Gasteiger charge is -2.26. The van der Waals surface area contributed by atoms with Crippen LogP contribution in [0, 0.1) is 0 Å². The van der Waals surface area contributed by atoms with Gasteiger partial charge in [-0.15, -0.1) is 10.2 Å². The molecule has 0 atom stereocenters. The fourth-order valence-corrected chi connectivity index (χ4v) is 4.63. The van der Waals surface area contributed by atoms with Gasteiger partial charge in [0, 0.05) is 32.2 Å². The number of fused-ring (bicyclic) bond motifs is 2. The zero-order chi connectivity index (χ0) is 28.8. The Morgan fingerprint density at radius 2 is 1.95 bits per heavy atom. The van der Waals surface area contributed by atoms with Gasteiger partial charge in [-0.2, -0.15) is 0 Å². The van der Waals surface area contributed by atoms with Crippen molar-refractivity contribution in [2.75, 3.05) is 30.5 Å². The molecule has 3 aromatic heterocycles. The van der Waals surface area contributed by atoms with Gasteiger partial charge in [-0.3, -0.25) is 9.69 Å². The Balaban J connectivity index is 1.49. The largest absolute Gasteiger partial charge is 0.444 e. The van der Waals surface area contributed by atoms with Gasteiger partial charge in [-0.1, -0.05) is 6.07 Å². The van der Waals surface area contributed by atoms with Crippen LogP contribution in [0.15, 0.2) is 24.3 Å². The Kier molecular flexibility index (Phi) is 7.21. The molecule has 2 aliphatic heterocycles. The Hall–Kier alpha value is -4.06. The first-order chi connectivity index (χ1) is 18.9. The first-order valence-corrected chi connectivity index (χ1v) is 13.4. The van der Waals surface area contributed by atoms with E-state index in [1.807, 2.05) is 61.6 Å². The molecule has 12 nitrogen and oxygen atoms in total. The lowest BCUT2D eigenvalue weighted by Crippen LogP contribution is -2.34. The summed E-state index contributed by atoms with van der Waals surface area (Å²) in [7, 11) is 3.61. The third-order valence-electron chi connectivity index (χ3n) is 6.97. The number of carbonyl (C=O) groups excluding carboxylic acids is 2. The maximum Gasteiger partial charge on any atom is 0.410 e. The topological polar surface area (TPSA) is 119 Å². The van der Waals surface area contributed by atoms with Crippen LogP contribution in [0.5, 0.6) is 0 Å². The van der Waals surface area contributed by atoms with Gasteiger partial charge < -0.3 is 23.8 Å². The molecule has 0 aliphatic carbocycles. The summed E-state index contributed by atoms with van der Waals surface area (Å²) >= 11 is 0. The molecular weight excluding hydrogens is 512 g/mol. The van der Waals surface area contributed by atoms with Crippen LogP contribution in [0.25, 0.3) is 11.5 Å². The smallest absolute Gasteiger partial charge is 0.410 e. The highest BCUT2D eigenvalue weighted by atomic mass is 16.6. The molecule has 5 heterocycles. The maximum absolute atomic E-state index is 13.8. The molecule has 0 aromatic carbocycles. The molecular formula is C28H36N8O4. The summed E-state index contributed by atoms with van der Waals surface area (Å²) in [6.45, 7) is 11.7. The van der Waals surface area contributed by atoms with E-state index in [1.165, 1.54) is 4.90 Å². The number of amides is 2. The van der Waals surface area contributed by atoms with Crippen LogP contribution in [0.3, 0.4) is 0 Å². The lowest BCUT2D eigenvalue weighted by molar-refractivity contribution is 0.0282. The summed E-state index contributed by atoms with van der Waals surface area (Å²) in [4.78, 5) is 41.4. The second-order valence-electron chi connectivity index (χ2n) is 11.4. The highest BCUT2D eigenvalue weighted by molar-refractivity contribution is 6.10. The zero-order valence-corrected chi connectivity index (χ0v) is 24.1. The number of nitrogens with zero attached hydrogens (tertiary/aromatic N) is 8. The number of carbonyl (C=O) groups is 2.